The molecule has 34 heavy (non-hydrogen) atoms. The Hall–Kier alpha value is -3.35. The summed E-state index contributed by atoms with van der Waals surface area (Å²) in [6, 6.07) is 8.88. The van der Waals surface area contributed by atoms with Crippen LogP contribution in [0.2, 0.25) is 0 Å². The SMILES string of the molecule is CC1CCCN(c2ccc(C(=O)O)cc2NS(=O)(=O)c2ccc(F)cc2)C1.O=C(O)C(F)(F)F. The van der Waals surface area contributed by atoms with E-state index < -0.39 is 34.0 Å². The number of halogens is 4. The first-order valence-corrected chi connectivity index (χ1v) is 11.4. The van der Waals surface area contributed by atoms with Crippen LogP contribution in [0.25, 0.3) is 0 Å². The van der Waals surface area contributed by atoms with Gasteiger partial charge in [-0.25, -0.2) is 22.4 Å². The van der Waals surface area contributed by atoms with Crippen molar-refractivity contribution in [1.82, 2.24) is 0 Å². The normalized spacial score (nSPS) is 16.3. The second-order valence-electron chi connectivity index (χ2n) is 7.59. The number of rotatable bonds is 5. The Kier molecular flexibility index (Phi) is 8.48. The van der Waals surface area contributed by atoms with E-state index in [4.69, 9.17) is 9.90 Å². The largest absolute Gasteiger partial charge is 0.490 e. The topological polar surface area (TPSA) is 124 Å². The molecule has 13 heteroatoms. The van der Waals surface area contributed by atoms with E-state index in [2.05, 4.69) is 16.5 Å². The summed E-state index contributed by atoms with van der Waals surface area (Å²) in [5, 5.41) is 16.4. The van der Waals surface area contributed by atoms with Crippen LogP contribution in [0.1, 0.15) is 30.1 Å². The molecule has 2 aromatic rings. The fourth-order valence-corrected chi connectivity index (χ4v) is 4.32. The molecule has 186 valence electrons. The monoisotopic (exact) mass is 506 g/mol. The molecule has 1 heterocycles. The number of hydrogen-bond donors (Lipinski definition) is 3. The third-order valence-corrected chi connectivity index (χ3v) is 6.23. The maximum Gasteiger partial charge on any atom is 0.490 e. The van der Waals surface area contributed by atoms with Gasteiger partial charge in [-0.15, -0.1) is 0 Å². The van der Waals surface area contributed by atoms with Crippen LogP contribution in [-0.4, -0.2) is 49.8 Å². The first kappa shape index (κ1) is 26.9. The molecule has 8 nitrogen and oxygen atoms in total. The number of nitrogens with one attached hydrogen (secondary N) is 1. The molecule has 1 atom stereocenters. The van der Waals surface area contributed by atoms with Crippen molar-refractivity contribution >= 4 is 33.3 Å². The van der Waals surface area contributed by atoms with Crippen LogP contribution < -0.4 is 9.62 Å². The van der Waals surface area contributed by atoms with Gasteiger partial charge in [0.15, 0.2) is 0 Å². The van der Waals surface area contributed by atoms with Crippen LogP contribution in [0.15, 0.2) is 47.4 Å². The lowest BCUT2D eigenvalue weighted by Gasteiger charge is -2.34. The van der Waals surface area contributed by atoms with Crippen molar-refractivity contribution in [1.29, 1.82) is 0 Å². The highest BCUT2D eigenvalue weighted by atomic mass is 32.2. The van der Waals surface area contributed by atoms with Gasteiger partial charge in [-0.05, 0) is 61.2 Å². The molecule has 0 amide bonds. The number of anilines is 2. The molecule has 1 fully saturated rings. The average molecular weight is 506 g/mol. The lowest BCUT2D eigenvalue weighted by molar-refractivity contribution is -0.192. The van der Waals surface area contributed by atoms with Gasteiger partial charge in [0, 0.05) is 13.1 Å². The van der Waals surface area contributed by atoms with Gasteiger partial charge < -0.3 is 15.1 Å². The van der Waals surface area contributed by atoms with Gasteiger partial charge >= 0.3 is 18.1 Å². The zero-order chi connectivity index (χ0) is 25.7. The average Bonchev–Trinajstić information content (AvgIpc) is 2.73. The molecular formula is C21H22F4N2O6S. The molecule has 3 rings (SSSR count). The van der Waals surface area contributed by atoms with E-state index in [9.17, 15) is 35.9 Å². The van der Waals surface area contributed by atoms with Crippen LogP contribution in [0.3, 0.4) is 0 Å². The number of sulfonamides is 1. The Bertz CT molecular complexity index is 1140. The number of aliphatic carboxylic acids is 1. The molecule has 0 spiro atoms. The molecule has 0 aliphatic carbocycles. The van der Waals surface area contributed by atoms with Crippen LogP contribution in [0.5, 0.6) is 0 Å². The predicted molar refractivity (Wildman–Crippen MR) is 115 cm³/mol. The van der Waals surface area contributed by atoms with Crippen LogP contribution in [0.4, 0.5) is 28.9 Å². The molecule has 0 saturated carbocycles. The number of hydrogen-bond acceptors (Lipinski definition) is 5. The van der Waals surface area contributed by atoms with Crippen molar-refractivity contribution in [2.24, 2.45) is 5.92 Å². The Labute approximate surface area is 192 Å². The molecule has 0 bridgehead atoms. The van der Waals surface area contributed by atoms with Crippen molar-refractivity contribution in [2.75, 3.05) is 22.7 Å². The molecule has 2 aromatic carbocycles. The van der Waals surface area contributed by atoms with Gasteiger partial charge in [-0.3, -0.25) is 4.72 Å². The Morgan fingerprint density at radius 1 is 1.09 bits per heavy atom. The maximum atomic E-state index is 13.1. The van der Waals surface area contributed by atoms with E-state index in [1.54, 1.807) is 6.07 Å². The molecule has 1 unspecified atom stereocenters. The minimum Gasteiger partial charge on any atom is -0.478 e. The van der Waals surface area contributed by atoms with E-state index in [-0.39, 0.29) is 16.1 Å². The Morgan fingerprint density at radius 3 is 2.18 bits per heavy atom. The minimum atomic E-state index is -5.08. The minimum absolute atomic E-state index is 0.0133. The second kappa shape index (κ2) is 10.7. The summed E-state index contributed by atoms with van der Waals surface area (Å²) in [5.41, 5.74) is 0.825. The predicted octanol–water partition coefficient (Wildman–Crippen LogP) is 4.19. The Morgan fingerprint density at radius 2 is 1.68 bits per heavy atom. The van der Waals surface area contributed by atoms with E-state index in [1.165, 1.54) is 24.3 Å². The van der Waals surface area contributed by atoms with Crippen LogP contribution in [-0.2, 0) is 14.8 Å². The molecule has 1 aliphatic rings. The highest BCUT2D eigenvalue weighted by Gasteiger charge is 2.38. The molecule has 1 aliphatic heterocycles. The first-order valence-electron chi connectivity index (χ1n) is 9.91. The van der Waals surface area contributed by atoms with E-state index >= 15 is 0 Å². The quantitative estimate of drug-likeness (QED) is 0.520. The molecular weight excluding hydrogens is 484 g/mol. The number of carboxylic acids is 2. The summed E-state index contributed by atoms with van der Waals surface area (Å²) in [6.07, 6.45) is -3.01. The fraction of sp³-hybridized carbons (Fsp3) is 0.333. The van der Waals surface area contributed by atoms with Crippen molar-refractivity contribution in [3.05, 3.63) is 53.8 Å². The van der Waals surface area contributed by atoms with Crippen LogP contribution in [0, 0.1) is 11.7 Å². The summed E-state index contributed by atoms with van der Waals surface area (Å²) in [5.74, 6) is -3.98. The summed E-state index contributed by atoms with van der Waals surface area (Å²) < 4.78 is 72.7. The third-order valence-electron chi connectivity index (χ3n) is 4.85. The van der Waals surface area contributed by atoms with Crippen molar-refractivity contribution in [3.63, 3.8) is 0 Å². The molecule has 0 aromatic heterocycles. The molecule has 3 N–H and O–H groups in total. The van der Waals surface area contributed by atoms with Gasteiger partial charge in [0.05, 0.1) is 21.8 Å². The van der Waals surface area contributed by atoms with Crippen molar-refractivity contribution < 1.29 is 45.8 Å². The van der Waals surface area contributed by atoms with E-state index in [0.717, 1.165) is 38.1 Å². The van der Waals surface area contributed by atoms with E-state index in [1.807, 2.05) is 0 Å². The highest BCUT2D eigenvalue weighted by Crippen LogP contribution is 2.32. The van der Waals surface area contributed by atoms with Gasteiger partial charge in [0.2, 0.25) is 0 Å². The number of benzene rings is 2. The first-order chi connectivity index (χ1) is 15.7. The number of aromatic carboxylic acids is 1. The summed E-state index contributed by atoms with van der Waals surface area (Å²) in [6.45, 7) is 3.65. The van der Waals surface area contributed by atoms with Crippen LogP contribution >= 0.6 is 0 Å². The lowest BCUT2D eigenvalue weighted by Crippen LogP contribution is -2.35. The standard InChI is InChI=1S/C19H21FN2O4S.C2HF3O2/c1-13-3-2-10-22(12-13)18-9-4-14(19(23)24)11-17(18)21-27(25,26)16-7-5-15(20)6-8-16;3-2(4,5)1(6)7/h4-9,11,13,21H,2-3,10,12H2,1H3,(H,23,24);(H,6,7). The zero-order valence-electron chi connectivity index (χ0n) is 17.8. The summed E-state index contributed by atoms with van der Waals surface area (Å²) in [4.78, 5) is 22.2. The Balaban J connectivity index is 0.000000509. The lowest BCUT2D eigenvalue weighted by atomic mass is 9.99. The highest BCUT2D eigenvalue weighted by molar-refractivity contribution is 7.92. The second-order valence-corrected chi connectivity index (χ2v) is 9.28. The van der Waals surface area contributed by atoms with Gasteiger partial charge in [0.1, 0.15) is 5.82 Å². The number of alkyl halides is 3. The maximum absolute atomic E-state index is 13.1. The van der Waals surface area contributed by atoms with Gasteiger partial charge in [0.25, 0.3) is 10.0 Å². The number of piperidine rings is 1. The van der Waals surface area contributed by atoms with Crippen molar-refractivity contribution in [2.45, 2.75) is 30.8 Å². The molecule has 1 saturated heterocycles. The zero-order valence-corrected chi connectivity index (χ0v) is 18.7. The smallest absolute Gasteiger partial charge is 0.478 e. The van der Waals surface area contributed by atoms with E-state index in [0.29, 0.717) is 11.6 Å². The fourth-order valence-electron chi connectivity index (χ4n) is 3.25. The third kappa shape index (κ3) is 7.33. The van der Waals surface area contributed by atoms with Crippen molar-refractivity contribution in [3.8, 4) is 0 Å². The summed E-state index contributed by atoms with van der Waals surface area (Å²) in [7, 11) is -3.98. The number of nitrogens with zero attached hydrogens (tertiary/aromatic N) is 1. The van der Waals surface area contributed by atoms with Gasteiger partial charge in [-0.1, -0.05) is 6.92 Å². The van der Waals surface area contributed by atoms with Gasteiger partial charge in [-0.2, -0.15) is 13.2 Å². The number of carboxylic acid groups (broad SMARTS) is 2. The molecule has 0 radical (unpaired) electrons. The summed E-state index contributed by atoms with van der Waals surface area (Å²) >= 11 is 0. The number of carbonyl (C=O) groups is 2.